The van der Waals surface area contributed by atoms with Crippen molar-refractivity contribution in [3.8, 4) is 0 Å². The largest absolute Gasteiger partial charge is 0.478 e. The maximum atomic E-state index is 13.3. The van der Waals surface area contributed by atoms with E-state index in [1.54, 1.807) is 17.0 Å². The summed E-state index contributed by atoms with van der Waals surface area (Å²) >= 11 is 0. The van der Waals surface area contributed by atoms with Gasteiger partial charge in [-0.1, -0.05) is 18.2 Å². The first-order valence-corrected chi connectivity index (χ1v) is 9.18. The third-order valence-corrected chi connectivity index (χ3v) is 6.00. The maximum Gasteiger partial charge on any atom is 0.335 e. The molecule has 2 aromatic carbocycles. The number of imidazole rings is 1. The van der Waals surface area contributed by atoms with Gasteiger partial charge in [-0.05, 0) is 61.1 Å². The average Bonchev–Trinajstić information content (AvgIpc) is 3.23. The van der Waals surface area contributed by atoms with Crippen molar-refractivity contribution in [2.45, 2.75) is 25.7 Å². The SMILES string of the molecule is O=C(O)c1ccc2c(c1)CC1(CC2)CCN(c2nc3ccccc3[nH]2)C1=O. The van der Waals surface area contributed by atoms with Crippen LogP contribution in [0.25, 0.3) is 11.0 Å². The van der Waals surface area contributed by atoms with Crippen molar-refractivity contribution < 1.29 is 14.7 Å². The number of hydrogen-bond donors (Lipinski definition) is 2. The molecule has 2 aliphatic rings. The Morgan fingerprint density at radius 2 is 2.00 bits per heavy atom. The summed E-state index contributed by atoms with van der Waals surface area (Å²) in [6, 6.07) is 13.0. The highest BCUT2D eigenvalue weighted by atomic mass is 16.4. The lowest BCUT2D eigenvalue weighted by molar-refractivity contribution is -0.126. The maximum absolute atomic E-state index is 13.3. The molecule has 1 amide bonds. The summed E-state index contributed by atoms with van der Waals surface area (Å²) in [4.78, 5) is 34.2. The van der Waals surface area contributed by atoms with Gasteiger partial charge in [0, 0.05) is 6.54 Å². The average molecular weight is 361 g/mol. The van der Waals surface area contributed by atoms with Gasteiger partial charge in [0.1, 0.15) is 0 Å². The van der Waals surface area contributed by atoms with Crippen molar-refractivity contribution in [2.75, 3.05) is 11.4 Å². The summed E-state index contributed by atoms with van der Waals surface area (Å²) in [6.45, 7) is 0.632. The first-order chi connectivity index (χ1) is 13.1. The lowest BCUT2D eigenvalue weighted by atomic mass is 9.70. The topological polar surface area (TPSA) is 86.3 Å². The standard InChI is InChI=1S/C21H19N3O3/c25-18(26)14-6-5-13-7-8-21(12-15(13)11-14)9-10-24(19(21)27)20-22-16-3-1-2-4-17(16)23-20/h1-6,11H,7-10,12H2,(H,22,23)(H,25,26). The van der Waals surface area contributed by atoms with Crippen LogP contribution in [0.1, 0.15) is 34.3 Å². The van der Waals surface area contributed by atoms with Gasteiger partial charge in [-0.15, -0.1) is 0 Å². The smallest absolute Gasteiger partial charge is 0.335 e. The summed E-state index contributed by atoms with van der Waals surface area (Å²) < 4.78 is 0. The molecule has 0 saturated carbocycles. The zero-order valence-electron chi connectivity index (χ0n) is 14.7. The van der Waals surface area contributed by atoms with Crippen LogP contribution in [0, 0.1) is 5.41 Å². The number of rotatable bonds is 2. The minimum atomic E-state index is -0.931. The van der Waals surface area contributed by atoms with Crippen molar-refractivity contribution in [2.24, 2.45) is 5.41 Å². The molecule has 1 atom stereocenters. The summed E-state index contributed by atoms with van der Waals surface area (Å²) in [5.74, 6) is -0.241. The molecule has 1 aliphatic carbocycles. The van der Waals surface area contributed by atoms with E-state index in [-0.39, 0.29) is 11.5 Å². The molecule has 2 N–H and O–H groups in total. The van der Waals surface area contributed by atoms with Crippen molar-refractivity contribution in [1.29, 1.82) is 0 Å². The highest BCUT2D eigenvalue weighted by molar-refractivity contribution is 6.00. The van der Waals surface area contributed by atoms with Crippen LogP contribution in [-0.2, 0) is 17.6 Å². The van der Waals surface area contributed by atoms with Gasteiger partial charge in [0.2, 0.25) is 11.9 Å². The lowest BCUT2D eigenvalue weighted by Gasteiger charge is -2.33. The molecule has 0 radical (unpaired) electrons. The highest BCUT2D eigenvalue weighted by Crippen LogP contribution is 2.44. The molecule has 0 bridgehead atoms. The fourth-order valence-electron chi connectivity index (χ4n) is 4.48. The number of aryl methyl sites for hydroxylation is 1. The molecule has 6 nitrogen and oxygen atoms in total. The van der Waals surface area contributed by atoms with Gasteiger partial charge < -0.3 is 10.1 Å². The van der Waals surface area contributed by atoms with Gasteiger partial charge in [0.05, 0.1) is 22.0 Å². The molecule has 1 aliphatic heterocycles. The van der Waals surface area contributed by atoms with Gasteiger partial charge in [-0.3, -0.25) is 9.69 Å². The van der Waals surface area contributed by atoms with Crippen LogP contribution in [0.4, 0.5) is 5.95 Å². The van der Waals surface area contributed by atoms with E-state index in [1.165, 1.54) is 0 Å². The van der Waals surface area contributed by atoms with Gasteiger partial charge in [0.25, 0.3) is 0 Å². The monoisotopic (exact) mass is 361 g/mol. The summed E-state index contributed by atoms with van der Waals surface area (Å²) in [5, 5.41) is 9.27. The van der Waals surface area contributed by atoms with Crippen LogP contribution < -0.4 is 4.90 Å². The number of para-hydroxylation sites is 2. The Labute approximate surface area is 155 Å². The van der Waals surface area contributed by atoms with Gasteiger partial charge in [-0.2, -0.15) is 0 Å². The fourth-order valence-corrected chi connectivity index (χ4v) is 4.48. The minimum absolute atomic E-state index is 0.0907. The number of anilines is 1. The number of benzene rings is 2. The second kappa shape index (κ2) is 5.67. The molecule has 1 fully saturated rings. The minimum Gasteiger partial charge on any atom is -0.478 e. The lowest BCUT2D eigenvalue weighted by Crippen LogP contribution is -2.39. The van der Waals surface area contributed by atoms with E-state index in [9.17, 15) is 14.7 Å². The molecule has 27 heavy (non-hydrogen) atoms. The summed E-state index contributed by atoms with van der Waals surface area (Å²) in [7, 11) is 0. The van der Waals surface area contributed by atoms with E-state index in [2.05, 4.69) is 9.97 Å². The predicted molar refractivity (Wildman–Crippen MR) is 101 cm³/mol. The fraction of sp³-hybridized carbons (Fsp3) is 0.286. The Balaban J connectivity index is 1.47. The zero-order chi connectivity index (χ0) is 18.6. The Kier molecular flexibility index (Phi) is 3.37. The van der Waals surface area contributed by atoms with E-state index >= 15 is 0 Å². The van der Waals surface area contributed by atoms with Crippen LogP contribution in [0.3, 0.4) is 0 Å². The Bertz CT molecular complexity index is 1050. The molecule has 2 heterocycles. The Morgan fingerprint density at radius 1 is 1.15 bits per heavy atom. The van der Waals surface area contributed by atoms with Gasteiger partial charge in [0.15, 0.2) is 0 Å². The molecule has 5 rings (SSSR count). The first-order valence-electron chi connectivity index (χ1n) is 9.18. The number of aromatic amines is 1. The van der Waals surface area contributed by atoms with Crippen molar-refractivity contribution in [3.63, 3.8) is 0 Å². The number of H-pyrrole nitrogens is 1. The second-order valence-corrected chi connectivity index (χ2v) is 7.53. The number of amides is 1. The number of aromatic nitrogens is 2. The molecule has 136 valence electrons. The van der Waals surface area contributed by atoms with E-state index in [0.717, 1.165) is 41.4 Å². The predicted octanol–water partition coefficient (Wildman–Crippen LogP) is 3.17. The molecule has 1 aromatic heterocycles. The van der Waals surface area contributed by atoms with Crippen molar-refractivity contribution in [3.05, 3.63) is 59.2 Å². The van der Waals surface area contributed by atoms with Crippen molar-refractivity contribution >= 4 is 28.9 Å². The van der Waals surface area contributed by atoms with Crippen LogP contribution in [0.15, 0.2) is 42.5 Å². The quantitative estimate of drug-likeness (QED) is 0.734. The Morgan fingerprint density at radius 3 is 2.81 bits per heavy atom. The molecule has 3 aromatic rings. The van der Waals surface area contributed by atoms with Crippen LogP contribution in [0.5, 0.6) is 0 Å². The summed E-state index contributed by atoms with van der Waals surface area (Å²) in [6.07, 6.45) is 2.95. The van der Waals surface area contributed by atoms with E-state index in [4.69, 9.17) is 0 Å². The van der Waals surface area contributed by atoms with Gasteiger partial charge >= 0.3 is 5.97 Å². The number of carboxylic acids is 1. The number of nitrogens with zero attached hydrogens (tertiary/aromatic N) is 2. The van der Waals surface area contributed by atoms with Crippen LogP contribution in [0.2, 0.25) is 0 Å². The zero-order valence-corrected chi connectivity index (χ0v) is 14.7. The van der Waals surface area contributed by atoms with Crippen molar-refractivity contribution in [1.82, 2.24) is 9.97 Å². The van der Waals surface area contributed by atoms with E-state index in [0.29, 0.717) is 18.9 Å². The summed E-state index contributed by atoms with van der Waals surface area (Å²) in [5.41, 5.74) is 3.73. The number of nitrogens with one attached hydrogen (secondary N) is 1. The number of fused-ring (bicyclic) bond motifs is 2. The molecular formula is C21H19N3O3. The third kappa shape index (κ3) is 2.44. The normalized spacial score (nSPS) is 21.8. The van der Waals surface area contributed by atoms with Crippen LogP contribution >= 0.6 is 0 Å². The molecular weight excluding hydrogens is 342 g/mol. The van der Waals surface area contributed by atoms with Crippen LogP contribution in [-0.4, -0.2) is 33.5 Å². The number of carbonyl (C=O) groups is 2. The Hall–Kier alpha value is -3.15. The number of aromatic carboxylic acids is 1. The molecule has 1 spiro atoms. The first kappa shape index (κ1) is 16.1. The molecule has 1 unspecified atom stereocenters. The molecule has 6 heteroatoms. The number of carboxylic acid groups (broad SMARTS) is 1. The number of carbonyl (C=O) groups excluding carboxylic acids is 1. The van der Waals surface area contributed by atoms with Gasteiger partial charge in [-0.25, -0.2) is 9.78 Å². The number of hydrogen-bond acceptors (Lipinski definition) is 3. The highest BCUT2D eigenvalue weighted by Gasteiger charge is 2.49. The van der Waals surface area contributed by atoms with E-state index in [1.807, 2.05) is 30.3 Å². The molecule has 1 saturated heterocycles. The third-order valence-electron chi connectivity index (χ3n) is 6.00. The van der Waals surface area contributed by atoms with E-state index < -0.39 is 11.4 Å². The second-order valence-electron chi connectivity index (χ2n) is 7.53.